The Hall–Kier alpha value is -2.50. The van der Waals surface area contributed by atoms with Crippen molar-refractivity contribution in [3.8, 4) is 5.75 Å². The summed E-state index contributed by atoms with van der Waals surface area (Å²) < 4.78 is 6.99. The van der Waals surface area contributed by atoms with Gasteiger partial charge in [-0.05, 0) is 43.5 Å². The van der Waals surface area contributed by atoms with Crippen LogP contribution in [0.25, 0.3) is 0 Å². The van der Waals surface area contributed by atoms with Gasteiger partial charge in [0.05, 0.1) is 25.0 Å². The SMILES string of the molecule is COc1ccc2c(c1)CCCN2CC(=O)Nc1cn(C)nc1C. The molecular weight excluding hydrogens is 292 g/mol. The molecule has 122 valence electrons. The number of hydrogen-bond acceptors (Lipinski definition) is 4. The summed E-state index contributed by atoms with van der Waals surface area (Å²) in [5.74, 6) is 0.839. The van der Waals surface area contributed by atoms with Crippen LogP contribution < -0.4 is 15.0 Å². The predicted octanol–water partition coefficient (Wildman–Crippen LogP) is 2.13. The van der Waals surface area contributed by atoms with Crippen LogP contribution >= 0.6 is 0 Å². The van der Waals surface area contributed by atoms with Gasteiger partial charge in [0.1, 0.15) is 5.75 Å². The lowest BCUT2D eigenvalue weighted by atomic mass is 10.0. The number of benzene rings is 1. The molecule has 1 N–H and O–H groups in total. The Labute approximate surface area is 136 Å². The molecule has 0 aliphatic carbocycles. The minimum absolute atomic E-state index is 0.0234. The van der Waals surface area contributed by atoms with Crippen LogP contribution in [0, 0.1) is 6.92 Å². The Morgan fingerprint density at radius 3 is 2.96 bits per heavy atom. The van der Waals surface area contributed by atoms with Gasteiger partial charge in [-0.3, -0.25) is 9.48 Å². The van der Waals surface area contributed by atoms with Crippen molar-refractivity contribution in [1.82, 2.24) is 9.78 Å². The van der Waals surface area contributed by atoms with Crippen molar-refractivity contribution in [2.75, 3.05) is 30.4 Å². The van der Waals surface area contributed by atoms with E-state index in [2.05, 4.69) is 21.4 Å². The fourth-order valence-corrected chi connectivity index (χ4v) is 3.03. The number of aryl methyl sites for hydroxylation is 3. The molecule has 0 saturated carbocycles. The minimum atomic E-state index is -0.0234. The Morgan fingerprint density at radius 1 is 1.43 bits per heavy atom. The first kappa shape index (κ1) is 15.4. The van der Waals surface area contributed by atoms with E-state index >= 15 is 0 Å². The average molecular weight is 314 g/mol. The highest BCUT2D eigenvalue weighted by Crippen LogP contribution is 2.30. The second kappa shape index (κ2) is 6.32. The first-order chi connectivity index (χ1) is 11.1. The predicted molar refractivity (Wildman–Crippen MR) is 90.1 cm³/mol. The number of amides is 1. The lowest BCUT2D eigenvalue weighted by molar-refractivity contribution is -0.115. The third kappa shape index (κ3) is 3.31. The Kier molecular flexibility index (Phi) is 4.23. The monoisotopic (exact) mass is 314 g/mol. The molecule has 1 aromatic carbocycles. The van der Waals surface area contributed by atoms with Crippen LogP contribution in [0.4, 0.5) is 11.4 Å². The van der Waals surface area contributed by atoms with E-state index in [1.54, 1.807) is 11.8 Å². The molecule has 1 amide bonds. The van der Waals surface area contributed by atoms with E-state index in [-0.39, 0.29) is 5.91 Å². The van der Waals surface area contributed by atoms with Crippen molar-refractivity contribution in [1.29, 1.82) is 0 Å². The number of nitrogens with zero attached hydrogens (tertiary/aromatic N) is 3. The summed E-state index contributed by atoms with van der Waals surface area (Å²) in [6.07, 6.45) is 3.88. The summed E-state index contributed by atoms with van der Waals surface area (Å²) in [6, 6.07) is 6.04. The van der Waals surface area contributed by atoms with Gasteiger partial charge in [-0.15, -0.1) is 0 Å². The van der Waals surface area contributed by atoms with Gasteiger partial charge in [-0.1, -0.05) is 0 Å². The molecule has 3 rings (SSSR count). The van der Waals surface area contributed by atoms with Crippen LogP contribution in [-0.2, 0) is 18.3 Å². The molecule has 0 spiro atoms. The number of methoxy groups -OCH3 is 1. The summed E-state index contributed by atoms with van der Waals surface area (Å²) in [5.41, 5.74) is 3.95. The maximum atomic E-state index is 12.4. The molecule has 1 aliphatic heterocycles. The van der Waals surface area contributed by atoms with Crippen LogP contribution in [0.2, 0.25) is 0 Å². The molecule has 0 saturated heterocycles. The Bertz CT molecular complexity index is 723. The van der Waals surface area contributed by atoms with E-state index in [1.165, 1.54) is 5.56 Å². The Morgan fingerprint density at radius 2 is 2.26 bits per heavy atom. The smallest absolute Gasteiger partial charge is 0.243 e. The highest BCUT2D eigenvalue weighted by Gasteiger charge is 2.20. The van der Waals surface area contributed by atoms with Crippen molar-refractivity contribution in [2.45, 2.75) is 19.8 Å². The van der Waals surface area contributed by atoms with Crippen molar-refractivity contribution in [2.24, 2.45) is 7.05 Å². The van der Waals surface area contributed by atoms with Gasteiger partial charge >= 0.3 is 0 Å². The summed E-state index contributed by atoms with van der Waals surface area (Å²) >= 11 is 0. The van der Waals surface area contributed by atoms with Gasteiger partial charge in [0.2, 0.25) is 5.91 Å². The fourth-order valence-electron chi connectivity index (χ4n) is 3.03. The molecule has 23 heavy (non-hydrogen) atoms. The van der Waals surface area contributed by atoms with Crippen molar-refractivity contribution in [3.05, 3.63) is 35.7 Å². The maximum Gasteiger partial charge on any atom is 0.243 e. The number of ether oxygens (including phenoxy) is 1. The number of aromatic nitrogens is 2. The number of rotatable bonds is 4. The number of carbonyl (C=O) groups is 1. The first-order valence-corrected chi connectivity index (χ1v) is 7.79. The molecule has 0 radical (unpaired) electrons. The molecule has 0 fully saturated rings. The molecule has 1 aromatic heterocycles. The lowest BCUT2D eigenvalue weighted by Gasteiger charge is -2.31. The average Bonchev–Trinajstić information content (AvgIpc) is 2.84. The molecular formula is C17H22N4O2. The van der Waals surface area contributed by atoms with Gasteiger partial charge in [-0.25, -0.2) is 0 Å². The van der Waals surface area contributed by atoms with Crippen LogP contribution in [-0.4, -0.2) is 35.9 Å². The second-order valence-corrected chi connectivity index (χ2v) is 5.87. The molecule has 6 heteroatoms. The van der Waals surface area contributed by atoms with E-state index in [0.29, 0.717) is 6.54 Å². The second-order valence-electron chi connectivity index (χ2n) is 5.87. The number of fused-ring (bicyclic) bond motifs is 1. The maximum absolute atomic E-state index is 12.4. The standard InChI is InChI=1S/C17H22N4O2/c1-12-15(10-20(2)19-12)18-17(22)11-21-8-4-5-13-9-14(23-3)6-7-16(13)21/h6-7,9-10H,4-5,8,11H2,1-3H3,(H,18,22). The molecule has 2 aromatic rings. The highest BCUT2D eigenvalue weighted by molar-refractivity contribution is 5.94. The van der Waals surface area contributed by atoms with E-state index in [0.717, 1.165) is 42.2 Å². The van der Waals surface area contributed by atoms with E-state index < -0.39 is 0 Å². The minimum Gasteiger partial charge on any atom is -0.497 e. The lowest BCUT2D eigenvalue weighted by Crippen LogP contribution is -2.36. The number of carbonyl (C=O) groups excluding carboxylic acids is 1. The van der Waals surface area contributed by atoms with Crippen LogP contribution in [0.1, 0.15) is 17.7 Å². The van der Waals surface area contributed by atoms with Crippen LogP contribution in [0.15, 0.2) is 24.4 Å². The largest absolute Gasteiger partial charge is 0.497 e. The molecule has 1 aliphatic rings. The number of nitrogens with one attached hydrogen (secondary N) is 1. The zero-order valence-electron chi connectivity index (χ0n) is 13.8. The van der Waals surface area contributed by atoms with E-state index in [4.69, 9.17) is 4.74 Å². The van der Waals surface area contributed by atoms with Crippen molar-refractivity contribution >= 4 is 17.3 Å². The van der Waals surface area contributed by atoms with Gasteiger partial charge in [0, 0.05) is 25.5 Å². The quantitative estimate of drug-likeness (QED) is 0.939. The fraction of sp³-hybridized carbons (Fsp3) is 0.412. The normalized spacial score (nSPS) is 13.6. The van der Waals surface area contributed by atoms with E-state index in [1.807, 2.05) is 32.3 Å². The van der Waals surface area contributed by atoms with Crippen LogP contribution in [0.5, 0.6) is 5.75 Å². The number of hydrogen-bond donors (Lipinski definition) is 1. The molecule has 0 bridgehead atoms. The molecule has 0 atom stereocenters. The number of anilines is 2. The van der Waals surface area contributed by atoms with Crippen molar-refractivity contribution < 1.29 is 9.53 Å². The summed E-state index contributed by atoms with van der Waals surface area (Å²) in [5, 5.41) is 7.18. The zero-order chi connectivity index (χ0) is 16.4. The third-order valence-corrected chi connectivity index (χ3v) is 4.12. The molecule has 0 unspecified atom stereocenters. The molecule has 6 nitrogen and oxygen atoms in total. The summed E-state index contributed by atoms with van der Waals surface area (Å²) in [7, 11) is 3.52. The van der Waals surface area contributed by atoms with Crippen LogP contribution in [0.3, 0.4) is 0 Å². The van der Waals surface area contributed by atoms with Gasteiger partial charge in [0.15, 0.2) is 0 Å². The highest BCUT2D eigenvalue weighted by atomic mass is 16.5. The zero-order valence-corrected chi connectivity index (χ0v) is 13.8. The van der Waals surface area contributed by atoms with Gasteiger partial charge in [-0.2, -0.15) is 5.10 Å². The molecule has 2 heterocycles. The summed E-state index contributed by atoms with van der Waals surface area (Å²) in [6.45, 7) is 3.12. The van der Waals surface area contributed by atoms with E-state index in [9.17, 15) is 4.79 Å². The van der Waals surface area contributed by atoms with Crippen molar-refractivity contribution in [3.63, 3.8) is 0 Å². The third-order valence-electron chi connectivity index (χ3n) is 4.12. The first-order valence-electron chi connectivity index (χ1n) is 7.79. The van der Waals surface area contributed by atoms with Gasteiger partial charge in [0.25, 0.3) is 0 Å². The Balaban J connectivity index is 1.71. The summed E-state index contributed by atoms with van der Waals surface area (Å²) in [4.78, 5) is 14.5. The topological polar surface area (TPSA) is 59.4 Å². The van der Waals surface area contributed by atoms with Gasteiger partial charge < -0.3 is 15.0 Å².